The van der Waals surface area contributed by atoms with Crippen LogP contribution in [0.5, 0.6) is 0 Å². The molecular weight excluding hydrogens is 654 g/mol. The smallest absolute Gasteiger partial charge is 0.0933 e. The highest BCUT2D eigenvalue weighted by Crippen LogP contribution is 2.71. The van der Waals surface area contributed by atoms with Gasteiger partial charge in [-0.15, -0.1) is 18.5 Å². The summed E-state index contributed by atoms with van der Waals surface area (Å²) in [5.74, 6) is 3.19. The minimum Gasteiger partial charge on any atom is -0.251 e. The molecule has 2 aromatic heterocycles. The minimum atomic E-state index is -0.679. The van der Waals surface area contributed by atoms with Crippen molar-refractivity contribution in [2.45, 2.75) is 43.2 Å². The molecule has 6 atom stereocenters. The minimum absolute atomic E-state index is 0.106. The van der Waals surface area contributed by atoms with Crippen molar-refractivity contribution in [3.05, 3.63) is 173 Å². The largest absolute Gasteiger partial charge is 0.251 e. The van der Waals surface area contributed by atoms with Crippen LogP contribution in [0.3, 0.4) is 0 Å². The van der Waals surface area contributed by atoms with E-state index < -0.39 is 5.16 Å². The van der Waals surface area contributed by atoms with Crippen molar-refractivity contribution >= 4 is 45.9 Å². The van der Waals surface area contributed by atoms with E-state index in [0.29, 0.717) is 5.92 Å². The summed E-state index contributed by atoms with van der Waals surface area (Å²) in [4.78, 5) is 11.1. The van der Waals surface area contributed by atoms with Crippen molar-refractivity contribution in [3.63, 3.8) is 0 Å². The Kier molecular flexibility index (Phi) is 7.67. The summed E-state index contributed by atoms with van der Waals surface area (Å²) in [7, 11) is 6.65. The molecule has 11 rings (SSSR count). The number of benzene rings is 4. The van der Waals surface area contributed by atoms with Crippen molar-refractivity contribution in [1.29, 1.82) is 0 Å². The van der Waals surface area contributed by atoms with Gasteiger partial charge in [0.1, 0.15) is 0 Å². The maximum Gasteiger partial charge on any atom is 0.0933 e. The molecule has 0 spiro atoms. The fraction of sp³-hybridized carbons (Fsp3) is 0.277. The molecule has 4 aromatic carbocycles. The van der Waals surface area contributed by atoms with E-state index >= 15 is 0 Å². The summed E-state index contributed by atoms with van der Waals surface area (Å²) >= 11 is 0. The number of fused-ring (bicyclic) bond motifs is 2. The predicted octanol–water partition coefficient (Wildman–Crippen LogP) is 11.4. The number of allylic oxidation sites excluding steroid dienone is 4. The molecule has 0 amide bonds. The van der Waals surface area contributed by atoms with E-state index in [1.165, 1.54) is 54.4 Å². The maximum absolute atomic E-state index is 5.54. The Balaban J connectivity index is 1.33. The molecule has 4 saturated carbocycles. The average molecular weight is 699 g/mol. The van der Waals surface area contributed by atoms with Gasteiger partial charge in [0.25, 0.3) is 0 Å². The van der Waals surface area contributed by atoms with E-state index in [1.807, 2.05) is 0 Å². The van der Waals surface area contributed by atoms with E-state index in [-0.39, 0.29) is 11.3 Å². The van der Waals surface area contributed by atoms with Gasteiger partial charge in [-0.2, -0.15) is 0 Å². The van der Waals surface area contributed by atoms with E-state index in [4.69, 9.17) is 9.97 Å². The van der Waals surface area contributed by atoms with Crippen LogP contribution in [0, 0.1) is 29.1 Å². The lowest BCUT2D eigenvalue weighted by Gasteiger charge is -2.63. The molecule has 2 heterocycles. The fourth-order valence-corrected chi connectivity index (χ4v) is 12.7. The van der Waals surface area contributed by atoms with Crippen molar-refractivity contribution < 1.29 is 0 Å². The number of hydrogen-bond donors (Lipinski definition) is 0. The quantitative estimate of drug-likeness (QED) is 0.155. The molecule has 0 aliphatic heterocycles. The number of para-hydroxylation sites is 2. The van der Waals surface area contributed by atoms with Gasteiger partial charge in [0.2, 0.25) is 0 Å². The van der Waals surface area contributed by atoms with Crippen LogP contribution in [-0.4, -0.2) is 16.1 Å². The number of hydrogen-bond acceptors (Lipinski definition) is 2. The second-order valence-electron chi connectivity index (χ2n) is 15.8. The molecule has 5 aliphatic rings. The standard InChI is InChI=1S/C47H44N2P2/c50-29-39-36-24-30-23-31(25-36)28-46(39,27-30)45-38(26-37(32-11-3-1-4-12-32)44(45)35-15-5-2-6-16-35)47(51,42-21-19-33-13-7-9-17-40(33)48-42)43-22-20-34-14-8-10-18-41(34)49-43/h1-22,26,30-31,36,39,44H,23-25,27-29,50-51H2. The Labute approximate surface area is 306 Å². The van der Waals surface area contributed by atoms with Crippen molar-refractivity contribution in [3.8, 4) is 0 Å². The van der Waals surface area contributed by atoms with Gasteiger partial charge in [0.15, 0.2) is 0 Å². The Morgan fingerprint density at radius 3 is 1.76 bits per heavy atom. The van der Waals surface area contributed by atoms with E-state index in [2.05, 4.69) is 158 Å². The van der Waals surface area contributed by atoms with Crippen LogP contribution >= 0.6 is 18.5 Å². The van der Waals surface area contributed by atoms with E-state index in [1.54, 1.807) is 5.57 Å². The Morgan fingerprint density at radius 2 is 1.18 bits per heavy atom. The average Bonchev–Trinajstić information content (AvgIpc) is 3.60. The first kappa shape index (κ1) is 31.7. The number of rotatable bonds is 7. The molecule has 5 aliphatic carbocycles. The summed E-state index contributed by atoms with van der Waals surface area (Å²) in [6, 6.07) is 48.8. The highest BCUT2D eigenvalue weighted by molar-refractivity contribution is 7.19. The van der Waals surface area contributed by atoms with Gasteiger partial charge in [-0.05, 0) is 119 Å². The molecule has 4 bridgehead atoms. The zero-order valence-corrected chi connectivity index (χ0v) is 31.3. The molecule has 252 valence electrons. The van der Waals surface area contributed by atoms with Crippen LogP contribution < -0.4 is 0 Å². The molecular formula is C47H44N2P2. The molecule has 6 unspecified atom stereocenters. The van der Waals surface area contributed by atoms with Crippen LogP contribution in [0.4, 0.5) is 0 Å². The zero-order chi connectivity index (χ0) is 34.2. The summed E-state index contributed by atoms with van der Waals surface area (Å²) < 4.78 is 0. The normalized spacial score (nSPS) is 27.0. The Morgan fingerprint density at radius 1 is 0.627 bits per heavy atom. The van der Waals surface area contributed by atoms with Gasteiger partial charge in [-0.3, -0.25) is 9.97 Å². The van der Waals surface area contributed by atoms with E-state index in [9.17, 15) is 0 Å². The summed E-state index contributed by atoms with van der Waals surface area (Å²) in [6.07, 6.45) is 10.5. The molecule has 0 radical (unpaired) electrons. The topological polar surface area (TPSA) is 25.8 Å². The van der Waals surface area contributed by atoms with Gasteiger partial charge in [-0.1, -0.05) is 115 Å². The number of nitrogens with zero attached hydrogens (tertiary/aromatic N) is 2. The first-order chi connectivity index (χ1) is 25.0. The number of pyridine rings is 2. The summed E-state index contributed by atoms with van der Waals surface area (Å²) in [6.45, 7) is 0. The molecule has 4 fully saturated rings. The number of aromatic nitrogens is 2. The first-order valence-corrected chi connectivity index (χ1v) is 20.2. The lowest BCUT2D eigenvalue weighted by atomic mass is 9.42. The monoisotopic (exact) mass is 698 g/mol. The lowest BCUT2D eigenvalue weighted by Crippen LogP contribution is -2.55. The van der Waals surface area contributed by atoms with Crippen molar-refractivity contribution in [1.82, 2.24) is 9.97 Å². The SMILES string of the molecule is PCC1C2CC3CC(C2)CC1(C1=C(C(P)(c2ccc4ccccc4n2)c2ccc4ccccc4n2)C=C(c2ccccc2)C1c1ccccc1)C3. The maximum atomic E-state index is 5.54. The molecule has 2 nitrogen and oxygen atoms in total. The highest BCUT2D eigenvalue weighted by Gasteiger charge is 2.61. The Hall–Kier alpha value is -3.96. The first-order valence-electron chi connectivity index (χ1n) is 18.8. The molecule has 4 heteroatoms. The zero-order valence-electron chi connectivity index (χ0n) is 29.0. The van der Waals surface area contributed by atoms with Crippen LogP contribution in [0.15, 0.2) is 151 Å². The third kappa shape index (κ3) is 4.97. The molecule has 0 saturated heterocycles. The molecule has 6 aromatic rings. The second-order valence-corrected chi connectivity index (χ2v) is 17.2. The van der Waals surface area contributed by atoms with Crippen molar-refractivity contribution in [2.24, 2.45) is 29.1 Å². The van der Waals surface area contributed by atoms with Crippen LogP contribution in [-0.2, 0) is 5.16 Å². The van der Waals surface area contributed by atoms with Crippen LogP contribution in [0.1, 0.15) is 60.5 Å². The van der Waals surface area contributed by atoms with Crippen LogP contribution in [0.25, 0.3) is 27.4 Å². The van der Waals surface area contributed by atoms with Gasteiger partial charge >= 0.3 is 0 Å². The highest BCUT2D eigenvalue weighted by atomic mass is 31.0. The van der Waals surface area contributed by atoms with E-state index in [0.717, 1.165) is 57.1 Å². The van der Waals surface area contributed by atoms with Gasteiger partial charge in [0, 0.05) is 16.7 Å². The van der Waals surface area contributed by atoms with Crippen molar-refractivity contribution in [2.75, 3.05) is 6.16 Å². The van der Waals surface area contributed by atoms with Gasteiger partial charge in [-0.25, -0.2) is 0 Å². The predicted molar refractivity (Wildman–Crippen MR) is 219 cm³/mol. The van der Waals surface area contributed by atoms with Gasteiger partial charge < -0.3 is 0 Å². The fourth-order valence-electron chi connectivity index (χ4n) is 11.3. The lowest BCUT2D eigenvalue weighted by molar-refractivity contribution is -0.0798. The third-order valence-electron chi connectivity index (χ3n) is 13.2. The summed E-state index contributed by atoms with van der Waals surface area (Å²) in [5.41, 5.74) is 11.3. The van der Waals surface area contributed by atoms with Crippen LogP contribution in [0.2, 0.25) is 0 Å². The third-order valence-corrected chi connectivity index (χ3v) is 14.6. The molecule has 51 heavy (non-hydrogen) atoms. The Bertz CT molecular complexity index is 2250. The molecule has 0 N–H and O–H groups in total. The van der Waals surface area contributed by atoms with Gasteiger partial charge in [0.05, 0.1) is 27.6 Å². The summed E-state index contributed by atoms with van der Waals surface area (Å²) in [5, 5.41) is 1.64. The second kappa shape index (κ2) is 12.3.